The molecule has 26 heavy (non-hydrogen) atoms. The zero-order chi connectivity index (χ0) is 18.1. The number of halogens is 1. The van der Waals surface area contributed by atoms with E-state index >= 15 is 0 Å². The van der Waals surface area contributed by atoms with Crippen LogP contribution in [-0.4, -0.2) is 33.8 Å². The second-order valence-electron chi connectivity index (χ2n) is 6.76. The maximum Gasteiger partial charge on any atom is 0.123 e. The third-order valence-electron chi connectivity index (χ3n) is 4.64. The number of benzene rings is 2. The summed E-state index contributed by atoms with van der Waals surface area (Å²) >= 11 is 0. The second kappa shape index (κ2) is 6.77. The summed E-state index contributed by atoms with van der Waals surface area (Å²) in [5.74, 6) is -0.226. The Kier molecular flexibility index (Phi) is 4.31. The van der Waals surface area contributed by atoms with Crippen molar-refractivity contribution in [3.8, 4) is 0 Å². The van der Waals surface area contributed by atoms with E-state index in [1.54, 1.807) is 12.1 Å². The molecule has 0 saturated carbocycles. The summed E-state index contributed by atoms with van der Waals surface area (Å²) in [7, 11) is 4.05. The number of aromatic amines is 1. The van der Waals surface area contributed by atoms with Crippen LogP contribution in [0.5, 0.6) is 0 Å². The molecular weight excluding hydrogens is 327 g/mol. The van der Waals surface area contributed by atoms with Crippen LogP contribution in [0.1, 0.15) is 22.7 Å². The highest BCUT2D eigenvalue weighted by atomic mass is 19.1. The van der Waals surface area contributed by atoms with Gasteiger partial charge in [0.2, 0.25) is 0 Å². The molecule has 2 aromatic carbocycles. The molecule has 5 heteroatoms. The van der Waals surface area contributed by atoms with Crippen LogP contribution in [0.15, 0.2) is 67.1 Å². The van der Waals surface area contributed by atoms with Crippen molar-refractivity contribution < 1.29 is 4.39 Å². The Morgan fingerprint density at radius 3 is 2.73 bits per heavy atom. The molecule has 4 aromatic rings. The summed E-state index contributed by atoms with van der Waals surface area (Å²) in [6, 6.07) is 15.1. The fourth-order valence-corrected chi connectivity index (χ4v) is 3.47. The Bertz CT molecular complexity index is 1020. The van der Waals surface area contributed by atoms with Crippen molar-refractivity contribution in [3.05, 3.63) is 89.6 Å². The minimum absolute atomic E-state index is 0.00456. The van der Waals surface area contributed by atoms with E-state index in [1.807, 2.05) is 49.4 Å². The number of nitrogens with zero attached hydrogens (tertiary/aromatic N) is 3. The molecule has 0 bridgehead atoms. The Morgan fingerprint density at radius 1 is 1.15 bits per heavy atom. The number of fused-ring (bicyclic) bond motifs is 1. The van der Waals surface area contributed by atoms with E-state index in [2.05, 4.69) is 33.3 Å². The third kappa shape index (κ3) is 3.13. The van der Waals surface area contributed by atoms with Crippen LogP contribution in [0.25, 0.3) is 10.9 Å². The number of hydrogen-bond donors (Lipinski definition) is 1. The molecule has 1 atom stereocenters. The van der Waals surface area contributed by atoms with Crippen LogP contribution < -0.4 is 0 Å². The van der Waals surface area contributed by atoms with Crippen LogP contribution in [0.2, 0.25) is 0 Å². The van der Waals surface area contributed by atoms with E-state index in [1.165, 1.54) is 11.6 Å². The lowest BCUT2D eigenvalue weighted by Crippen LogP contribution is -2.20. The predicted octanol–water partition coefficient (Wildman–Crippen LogP) is 4.20. The Labute approximate surface area is 151 Å². The van der Waals surface area contributed by atoms with E-state index < -0.39 is 0 Å². The molecule has 0 saturated heterocycles. The first kappa shape index (κ1) is 16.5. The van der Waals surface area contributed by atoms with Gasteiger partial charge in [0.15, 0.2) is 0 Å². The number of rotatable bonds is 5. The minimum Gasteiger partial charge on any atom is -0.361 e. The second-order valence-corrected chi connectivity index (χ2v) is 6.76. The van der Waals surface area contributed by atoms with Crippen molar-refractivity contribution in [2.24, 2.45) is 0 Å². The van der Waals surface area contributed by atoms with Crippen molar-refractivity contribution in [3.63, 3.8) is 0 Å². The van der Waals surface area contributed by atoms with Gasteiger partial charge in [0.05, 0.1) is 18.8 Å². The van der Waals surface area contributed by atoms with E-state index in [0.29, 0.717) is 0 Å². The van der Waals surface area contributed by atoms with Gasteiger partial charge in [-0.25, -0.2) is 4.39 Å². The Balaban J connectivity index is 1.70. The molecular formula is C21H21FN4. The quantitative estimate of drug-likeness (QED) is 0.587. The Hall–Kier alpha value is -2.92. The van der Waals surface area contributed by atoms with Crippen LogP contribution in [0.3, 0.4) is 0 Å². The van der Waals surface area contributed by atoms with Gasteiger partial charge >= 0.3 is 0 Å². The van der Waals surface area contributed by atoms with Gasteiger partial charge in [0, 0.05) is 28.9 Å². The smallest absolute Gasteiger partial charge is 0.123 e. The van der Waals surface area contributed by atoms with Gasteiger partial charge in [-0.1, -0.05) is 30.3 Å². The van der Waals surface area contributed by atoms with Crippen molar-refractivity contribution in [2.75, 3.05) is 14.1 Å². The lowest BCUT2D eigenvalue weighted by Gasteiger charge is -2.23. The van der Waals surface area contributed by atoms with Gasteiger partial charge in [-0.3, -0.25) is 9.58 Å². The summed E-state index contributed by atoms with van der Waals surface area (Å²) < 4.78 is 15.7. The first-order valence-corrected chi connectivity index (χ1v) is 8.61. The minimum atomic E-state index is -0.226. The molecule has 1 N–H and O–H groups in total. The molecule has 1 unspecified atom stereocenters. The maximum atomic E-state index is 13.8. The average molecular weight is 348 g/mol. The summed E-state index contributed by atoms with van der Waals surface area (Å²) in [6.45, 7) is 0.726. The molecule has 4 nitrogen and oxygen atoms in total. The zero-order valence-corrected chi connectivity index (χ0v) is 14.9. The van der Waals surface area contributed by atoms with Crippen LogP contribution in [-0.2, 0) is 6.54 Å². The SMILES string of the molecule is CN(C)C(c1cnn(Cc2ccccc2)c1)c1c[nH]c2ccc(F)cc12. The molecule has 0 amide bonds. The van der Waals surface area contributed by atoms with E-state index in [9.17, 15) is 4.39 Å². The summed E-state index contributed by atoms with van der Waals surface area (Å²) in [4.78, 5) is 5.37. The number of H-pyrrole nitrogens is 1. The molecule has 0 spiro atoms. The molecule has 2 aromatic heterocycles. The summed E-state index contributed by atoms with van der Waals surface area (Å²) in [5, 5.41) is 5.43. The highest BCUT2D eigenvalue weighted by Crippen LogP contribution is 2.32. The average Bonchev–Trinajstić information content (AvgIpc) is 3.24. The number of hydrogen-bond acceptors (Lipinski definition) is 2. The van der Waals surface area contributed by atoms with E-state index in [4.69, 9.17) is 0 Å². The fraction of sp³-hybridized carbons (Fsp3) is 0.190. The van der Waals surface area contributed by atoms with E-state index in [0.717, 1.165) is 28.6 Å². The maximum absolute atomic E-state index is 13.8. The van der Waals surface area contributed by atoms with Crippen molar-refractivity contribution in [1.29, 1.82) is 0 Å². The molecule has 4 rings (SSSR count). The topological polar surface area (TPSA) is 36.9 Å². The fourth-order valence-electron chi connectivity index (χ4n) is 3.47. The van der Waals surface area contributed by atoms with Crippen molar-refractivity contribution in [1.82, 2.24) is 19.7 Å². The van der Waals surface area contributed by atoms with Gasteiger partial charge in [-0.15, -0.1) is 0 Å². The van der Waals surface area contributed by atoms with Crippen LogP contribution in [0.4, 0.5) is 4.39 Å². The summed E-state index contributed by atoms with van der Waals surface area (Å²) in [5.41, 5.74) is 4.27. The van der Waals surface area contributed by atoms with Gasteiger partial charge in [0.25, 0.3) is 0 Å². The van der Waals surface area contributed by atoms with Crippen molar-refractivity contribution >= 4 is 10.9 Å². The van der Waals surface area contributed by atoms with E-state index in [-0.39, 0.29) is 11.9 Å². The molecule has 2 heterocycles. The number of nitrogens with one attached hydrogen (secondary N) is 1. The first-order chi connectivity index (χ1) is 12.6. The third-order valence-corrected chi connectivity index (χ3v) is 4.64. The van der Waals surface area contributed by atoms with Gasteiger partial charge in [-0.05, 0) is 43.4 Å². The van der Waals surface area contributed by atoms with Gasteiger partial charge < -0.3 is 4.98 Å². The highest BCUT2D eigenvalue weighted by Gasteiger charge is 2.22. The zero-order valence-electron chi connectivity index (χ0n) is 14.9. The van der Waals surface area contributed by atoms with Crippen molar-refractivity contribution in [2.45, 2.75) is 12.6 Å². The lowest BCUT2D eigenvalue weighted by molar-refractivity contribution is 0.344. The highest BCUT2D eigenvalue weighted by molar-refractivity contribution is 5.84. The molecule has 0 fully saturated rings. The van der Waals surface area contributed by atoms with Crippen LogP contribution in [0, 0.1) is 5.82 Å². The van der Waals surface area contributed by atoms with Gasteiger partial charge in [-0.2, -0.15) is 5.10 Å². The Morgan fingerprint density at radius 2 is 1.96 bits per heavy atom. The predicted molar refractivity (Wildman–Crippen MR) is 102 cm³/mol. The molecule has 132 valence electrons. The normalized spacial score (nSPS) is 12.8. The molecule has 0 aliphatic rings. The molecule has 0 aliphatic heterocycles. The van der Waals surface area contributed by atoms with Crippen LogP contribution >= 0.6 is 0 Å². The molecule has 0 aliphatic carbocycles. The first-order valence-electron chi connectivity index (χ1n) is 8.61. The van der Waals surface area contributed by atoms with Gasteiger partial charge in [0.1, 0.15) is 5.82 Å². The number of aromatic nitrogens is 3. The monoisotopic (exact) mass is 348 g/mol. The largest absolute Gasteiger partial charge is 0.361 e. The standard InChI is InChI=1S/C21H21FN4/c1-25(2)21(19-12-23-20-9-8-17(22)10-18(19)20)16-11-24-26(14-16)13-15-6-4-3-5-7-15/h3-12,14,21,23H,13H2,1-2H3. The summed E-state index contributed by atoms with van der Waals surface area (Å²) in [6.07, 6.45) is 5.92. The molecule has 0 radical (unpaired) electrons. The lowest BCUT2D eigenvalue weighted by atomic mass is 10.00.